The average molecular weight is 309 g/mol. The van der Waals surface area contributed by atoms with Crippen LogP contribution >= 0.6 is 12.4 Å². The van der Waals surface area contributed by atoms with Crippen molar-refractivity contribution in [1.29, 1.82) is 0 Å². The number of hydrogen-bond donors (Lipinski definition) is 2. The Kier molecular flexibility index (Phi) is 5.24. The van der Waals surface area contributed by atoms with Gasteiger partial charge in [0.2, 0.25) is 0 Å². The van der Waals surface area contributed by atoms with Gasteiger partial charge in [0.15, 0.2) is 0 Å². The maximum Gasteiger partial charge on any atom is 0.251 e. The summed E-state index contributed by atoms with van der Waals surface area (Å²) >= 11 is 0. The van der Waals surface area contributed by atoms with Gasteiger partial charge in [-0.25, -0.2) is 4.68 Å². The van der Waals surface area contributed by atoms with Crippen molar-refractivity contribution in [3.8, 4) is 5.69 Å². The quantitative estimate of drug-likeness (QED) is 0.866. The molecule has 1 amide bonds. The van der Waals surface area contributed by atoms with Crippen LogP contribution in [-0.2, 0) is 0 Å². The molecule has 0 bridgehead atoms. The van der Waals surface area contributed by atoms with Crippen molar-refractivity contribution in [2.24, 2.45) is 0 Å². The first kappa shape index (κ1) is 15.4. The van der Waals surface area contributed by atoms with Crippen LogP contribution in [0.2, 0.25) is 0 Å². The van der Waals surface area contributed by atoms with Crippen molar-refractivity contribution in [3.05, 3.63) is 36.2 Å². The highest BCUT2D eigenvalue weighted by atomic mass is 35.5. The Labute approximate surface area is 128 Å². The standard InChI is InChI=1S/C13H16N6O.ClH/c20-13(16-11-2-1-7-14-8-11)10-3-5-12(6-4-10)19-9-15-17-18-19;/h3-6,9,11,14H,1-2,7-8H2,(H,16,20);1H. The highest BCUT2D eigenvalue weighted by molar-refractivity contribution is 5.94. The first-order chi connectivity index (χ1) is 9.83. The van der Waals surface area contributed by atoms with E-state index in [1.807, 2.05) is 12.1 Å². The minimum absolute atomic E-state index is 0. The van der Waals surface area contributed by atoms with E-state index >= 15 is 0 Å². The van der Waals surface area contributed by atoms with Gasteiger partial charge in [0.05, 0.1) is 5.69 Å². The normalized spacial score (nSPS) is 17.8. The van der Waals surface area contributed by atoms with Gasteiger partial charge >= 0.3 is 0 Å². The molecule has 1 saturated heterocycles. The number of carbonyl (C=O) groups is 1. The molecule has 1 aliphatic rings. The molecule has 3 rings (SSSR count). The molecule has 2 N–H and O–H groups in total. The average Bonchev–Trinajstić information content (AvgIpc) is 3.03. The Bertz CT molecular complexity index is 565. The Morgan fingerprint density at radius 2 is 2.14 bits per heavy atom. The molecular formula is C13H17ClN6O. The molecule has 1 aliphatic heterocycles. The molecule has 1 aromatic heterocycles. The number of hydrogen-bond acceptors (Lipinski definition) is 5. The van der Waals surface area contributed by atoms with Crippen LogP contribution in [0, 0.1) is 0 Å². The predicted molar refractivity (Wildman–Crippen MR) is 79.8 cm³/mol. The second-order valence-electron chi connectivity index (χ2n) is 4.82. The van der Waals surface area contributed by atoms with Gasteiger partial charge in [-0.1, -0.05) is 0 Å². The predicted octanol–water partition coefficient (Wildman–Crippen LogP) is 0.566. The lowest BCUT2D eigenvalue weighted by Crippen LogP contribution is -2.45. The number of carbonyl (C=O) groups excluding carboxylic acids is 1. The van der Waals surface area contributed by atoms with E-state index in [2.05, 4.69) is 26.2 Å². The highest BCUT2D eigenvalue weighted by Crippen LogP contribution is 2.09. The fourth-order valence-electron chi connectivity index (χ4n) is 2.29. The van der Waals surface area contributed by atoms with E-state index in [4.69, 9.17) is 0 Å². The largest absolute Gasteiger partial charge is 0.348 e. The first-order valence-corrected chi connectivity index (χ1v) is 6.68. The summed E-state index contributed by atoms with van der Waals surface area (Å²) in [4.78, 5) is 12.1. The van der Waals surface area contributed by atoms with E-state index in [1.54, 1.807) is 16.8 Å². The third kappa shape index (κ3) is 3.77. The van der Waals surface area contributed by atoms with Gasteiger partial charge in [0.25, 0.3) is 5.91 Å². The summed E-state index contributed by atoms with van der Waals surface area (Å²) in [5, 5.41) is 17.3. The van der Waals surface area contributed by atoms with Crippen LogP contribution in [0.1, 0.15) is 23.2 Å². The summed E-state index contributed by atoms with van der Waals surface area (Å²) in [6, 6.07) is 7.43. The zero-order chi connectivity index (χ0) is 13.8. The van der Waals surface area contributed by atoms with Crippen LogP contribution in [0.25, 0.3) is 5.69 Å². The van der Waals surface area contributed by atoms with E-state index < -0.39 is 0 Å². The topological polar surface area (TPSA) is 84.7 Å². The van der Waals surface area contributed by atoms with Gasteiger partial charge < -0.3 is 10.6 Å². The van der Waals surface area contributed by atoms with Gasteiger partial charge in [-0.15, -0.1) is 17.5 Å². The van der Waals surface area contributed by atoms with Crippen molar-refractivity contribution in [1.82, 2.24) is 30.8 Å². The van der Waals surface area contributed by atoms with Crippen LogP contribution in [0.3, 0.4) is 0 Å². The summed E-state index contributed by atoms with van der Waals surface area (Å²) in [7, 11) is 0. The van der Waals surface area contributed by atoms with Crippen molar-refractivity contribution in [2.75, 3.05) is 13.1 Å². The summed E-state index contributed by atoms with van der Waals surface area (Å²) in [6.45, 7) is 1.88. The lowest BCUT2D eigenvalue weighted by Gasteiger charge is -2.23. The Morgan fingerprint density at radius 1 is 1.33 bits per heavy atom. The monoisotopic (exact) mass is 308 g/mol. The Morgan fingerprint density at radius 3 is 2.76 bits per heavy atom. The second-order valence-corrected chi connectivity index (χ2v) is 4.82. The van der Waals surface area contributed by atoms with Crippen LogP contribution < -0.4 is 10.6 Å². The SMILES string of the molecule is Cl.O=C(NC1CCCNC1)c1ccc(-n2cnnn2)cc1. The zero-order valence-corrected chi connectivity index (χ0v) is 12.2. The third-order valence-corrected chi connectivity index (χ3v) is 3.38. The molecule has 0 aliphatic carbocycles. The number of benzene rings is 1. The number of piperidine rings is 1. The second kappa shape index (κ2) is 7.14. The Hall–Kier alpha value is -1.99. The summed E-state index contributed by atoms with van der Waals surface area (Å²) < 4.78 is 1.55. The molecule has 8 heteroatoms. The van der Waals surface area contributed by atoms with Crippen molar-refractivity contribution < 1.29 is 4.79 Å². The van der Waals surface area contributed by atoms with Gasteiger partial charge in [-0.2, -0.15) is 0 Å². The molecule has 1 unspecified atom stereocenters. The molecular weight excluding hydrogens is 292 g/mol. The van der Waals surface area contributed by atoms with Crippen molar-refractivity contribution >= 4 is 18.3 Å². The molecule has 7 nitrogen and oxygen atoms in total. The van der Waals surface area contributed by atoms with E-state index in [-0.39, 0.29) is 24.4 Å². The highest BCUT2D eigenvalue weighted by Gasteiger charge is 2.16. The first-order valence-electron chi connectivity index (χ1n) is 6.68. The minimum atomic E-state index is -0.0398. The summed E-state index contributed by atoms with van der Waals surface area (Å²) in [5.74, 6) is -0.0398. The fraction of sp³-hybridized carbons (Fsp3) is 0.385. The van der Waals surface area contributed by atoms with E-state index in [1.165, 1.54) is 6.33 Å². The van der Waals surface area contributed by atoms with Crippen LogP contribution in [-0.4, -0.2) is 45.2 Å². The number of nitrogens with one attached hydrogen (secondary N) is 2. The van der Waals surface area contributed by atoms with Crippen LogP contribution in [0.15, 0.2) is 30.6 Å². The molecule has 0 spiro atoms. The molecule has 2 aromatic rings. The van der Waals surface area contributed by atoms with Gasteiger partial charge in [-0.05, 0) is 54.1 Å². The van der Waals surface area contributed by atoms with Crippen LogP contribution in [0.4, 0.5) is 0 Å². The molecule has 1 atom stereocenters. The smallest absolute Gasteiger partial charge is 0.251 e. The minimum Gasteiger partial charge on any atom is -0.348 e. The third-order valence-electron chi connectivity index (χ3n) is 3.38. The Balaban J connectivity index is 0.00000161. The van der Waals surface area contributed by atoms with Crippen molar-refractivity contribution in [3.63, 3.8) is 0 Å². The van der Waals surface area contributed by atoms with E-state index in [0.29, 0.717) is 5.56 Å². The maximum absolute atomic E-state index is 12.1. The number of halogens is 1. The molecule has 112 valence electrons. The summed E-state index contributed by atoms with van der Waals surface area (Å²) in [5.41, 5.74) is 1.47. The lowest BCUT2D eigenvalue weighted by molar-refractivity contribution is 0.0930. The number of rotatable bonds is 3. The van der Waals surface area contributed by atoms with Crippen molar-refractivity contribution in [2.45, 2.75) is 18.9 Å². The van der Waals surface area contributed by atoms with Crippen LogP contribution in [0.5, 0.6) is 0 Å². The number of amides is 1. The molecule has 0 radical (unpaired) electrons. The van der Waals surface area contributed by atoms with E-state index in [0.717, 1.165) is 31.6 Å². The molecule has 1 aromatic carbocycles. The van der Waals surface area contributed by atoms with Gasteiger partial charge in [0.1, 0.15) is 6.33 Å². The van der Waals surface area contributed by atoms with Gasteiger partial charge in [0, 0.05) is 18.2 Å². The number of aromatic nitrogens is 4. The fourth-order valence-corrected chi connectivity index (χ4v) is 2.29. The number of nitrogens with zero attached hydrogens (tertiary/aromatic N) is 4. The molecule has 2 heterocycles. The molecule has 21 heavy (non-hydrogen) atoms. The lowest BCUT2D eigenvalue weighted by atomic mass is 10.1. The molecule has 0 saturated carbocycles. The van der Waals surface area contributed by atoms with Gasteiger partial charge in [-0.3, -0.25) is 4.79 Å². The van der Waals surface area contributed by atoms with E-state index in [9.17, 15) is 4.79 Å². The molecule has 1 fully saturated rings. The zero-order valence-electron chi connectivity index (χ0n) is 11.4. The summed E-state index contributed by atoms with van der Waals surface area (Å²) in [6.07, 6.45) is 3.65. The number of tetrazole rings is 1. The maximum atomic E-state index is 12.1.